The van der Waals surface area contributed by atoms with Crippen LogP contribution in [0.3, 0.4) is 0 Å². The van der Waals surface area contributed by atoms with E-state index >= 15 is 0 Å². The third-order valence-corrected chi connectivity index (χ3v) is 14.1. The Bertz CT molecular complexity index is 1010. The fourth-order valence-electron chi connectivity index (χ4n) is 3.37. The van der Waals surface area contributed by atoms with E-state index in [2.05, 4.69) is 32.9 Å². The summed E-state index contributed by atoms with van der Waals surface area (Å²) in [6.07, 6.45) is 0. The van der Waals surface area contributed by atoms with E-state index in [9.17, 15) is 0 Å². The summed E-state index contributed by atoms with van der Waals surface area (Å²) in [7, 11) is 0. The molecule has 4 aromatic rings. The molecule has 3 nitrogen and oxygen atoms in total. The Hall–Kier alpha value is -2.85. The average molecular weight is 591 g/mol. The molecule has 0 aliphatic carbocycles. The zero-order valence-corrected chi connectivity index (χ0v) is 22.3. The molecule has 0 saturated heterocycles. The maximum atomic E-state index is 6.71. The van der Waals surface area contributed by atoms with Crippen LogP contribution in [0.5, 0.6) is 17.2 Å². The Labute approximate surface area is 196 Å². The number of hydrogen-bond donors (Lipinski definition) is 0. The summed E-state index contributed by atoms with van der Waals surface area (Å²) in [5.41, 5.74) is 4.69. The Morgan fingerprint density at radius 3 is 1.16 bits per heavy atom. The number of hydrogen-bond acceptors (Lipinski definition) is 3. The van der Waals surface area contributed by atoms with Gasteiger partial charge in [0.25, 0.3) is 0 Å². The first-order valence-electron chi connectivity index (χ1n) is 10.8. The Morgan fingerprint density at radius 2 is 0.812 bits per heavy atom. The Balaban J connectivity index is 1.76. The van der Waals surface area contributed by atoms with E-state index in [0.29, 0.717) is 4.18 Å². The average Bonchev–Trinajstić information content (AvgIpc) is 2.79. The predicted molar refractivity (Wildman–Crippen MR) is 126 cm³/mol. The molecule has 0 radical (unpaired) electrons. The van der Waals surface area contributed by atoms with Crippen LogP contribution in [-0.2, 0) is 25.5 Å². The van der Waals surface area contributed by atoms with E-state index in [-0.39, 0.29) is 0 Å². The molecule has 0 N–H and O–H groups in total. The van der Waals surface area contributed by atoms with Gasteiger partial charge in [0.05, 0.1) is 0 Å². The molecule has 0 spiro atoms. The van der Waals surface area contributed by atoms with Crippen LogP contribution in [0.1, 0.15) is 22.3 Å². The molecular weight excluding hydrogens is 563 g/mol. The molecule has 0 atom stereocenters. The van der Waals surface area contributed by atoms with Crippen molar-refractivity contribution in [3.63, 3.8) is 0 Å². The number of rotatable bonds is 8. The number of aryl methyl sites for hydroxylation is 3. The van der Waals surface area contributed by atoms with Gasteiger partial charge in [-0.15, -0.1) is 0 Å². The van der Waals surface area contributed by atoms with Crippen molar-refractivity contribution in [1.29, 1.82) is 0 Å². The van der Waals surface area contributed by atoms with Crippen LogP contribution in [0, 0.1) is 20.8 Å². The summed E-state index contributed by atoms with van der Waals surface area (Å²) in [6, 6.07) is 34.6. The topological polar surface area (TPSA) is 27.7 Å². The van der Waals surface area contributed by atoms with E-state index in [1.165, 1.54) is 16.7 Å². The van der Waals surface area contributed by atoms with Crippen molar-refractivity contribution in [2.24, 2.45) is 0 Å². The van der Waals surface area contributed by atoms with E-state index in [4.69, 9.17) is 8.56 Å². The fourth-order valence-corrected chi connectivity index (χ4v) is 12.6. The van der Waals surface area contributed by atoms with Crippen molar-refractivity contribution in [3.05, 3.63) is 125 Å². The zero-order chi connectivity index (χ0) is 22.4. The molecule has 0 unspecified atom stereocenters. The summed E-state index contributed by atoms with van der Waals surface area (Å²) in [5, 5.41) is 0. The normalized spacial score (nSPS) is 11.1. The van der Waals surface area contributed by atoms with E-state index in [1.54, 1.807) is 0 Å². The molecule has 0 fully saturated rings. The van der Waals surface area contributed by atoms with Crippen LogP contribution < -0.4 is 8.56 Å². The zero-order valence-electron chi connectivity index (χ0n) is 18.7. The van der Waals surface area contributed by atoms with Gasteiger partial charge in [-0.05, 0) is 0 Å². The van der Waals surface area contributed by atoms with Crippen LogP contribution >= 0.6 is 0 Å². The van der Waals surface area contributed by atoms with Crippen LogP contribution in [0.25, 0.3) is 0 Å². The molecule has 162 valence electrons. The predicted octanol–water partition coefficient (Wildman–Crippen LogP) is 7.25. The Morgan fingerprint density at radius 1 is 0.469 bits per heavy atom. The molecule has 4 rings (SSSR count). The minimum absolute atomic E-state index is 0.615. The monoisotopic (exact) mass is 592 g/mol. The first-order valence-corrected chi connectivity index (χ1v) is 17.7. The maximum absolute atomic E-state index is 6.71. The quantitative estimate of drug-likeness (QED) is 0.202. The van der Waals surface area contributed by atoms with Gasteiger partial charge in [0, 0.05) is 0 Å². The third-order valence-electron chi connectivity index (χ3n) is 5.15. The molecule has 0 aliphatic heterocycles. The van der Waals surface area contributed by atoms with Crippen LogP contribution in [0.4, 0.5) is 0 Å². The van der Waals surface area contributed by atoms with Crippen LogP contribution in [0.15, 0.2) is 103 Å². The van der Waals surface area contributed by atoms with E-state index in [1.807, 2.05) is 91.0 Å². The van der Waals surface area contributed by atoms with Gasteiger partial charge in [-0.2, -0.15) is 0 Å². The molecule has 0 bridgehead atoms. The second-order valence-electron chi connectivity index (χ2n) is 8.09. The molecular formula is C28H28HfO3. The van der Waals surface area contributed by atoms with Crippen molar-refractivity contribution in [1.82, 2.24) is 0 Å². The first kappa shape index (κ1) is 22.3. The molecule has 0 amide bonds. The molecule has 4 heteroatoms. The van der Waals surface area contributed by atoms with E-state index < -0.39 is 21.3 Å². The van der Waals surface area contributed by atoms with Gasteiger partial charge in [-0.3, -0.25) is 0 Å². The van der Waals surface area contributed by atoms with Crippen molar-refractivity contribution in [2.45, 2.75) is 24.9 Å². The number of benzene rings is 4. The summed E-state index contributed by atoms with van der Waals surface area (Å²) in [4.78, 5) is 0. The molecule has 0 aliphatic rings. The van der Waals surface area contributed by atoms with Gasteiger partial charge in [0.1, 0.15) is 0 Å². The Kier molecular flexibility index (Phi) is 7.11. The van der Waals surface area contributed by atoms with Gasteiger partial charge >= 0.3 is 197 Å². The second kappa shape index (κ2) is 10.2. The van der Waals surface area contributed by atoms with Gasteiger partial charge in [0.15, 0.2) is 0 Å². The summed E-state index contributed by atoms with van der Waals surface area (Å²) in [6.45, 7) is 6.20. The molecule has 0 aromatic heterocycles. The SMILES string of the molecule is Cc1ccc([O][Hf]([CH2]c2ccccc2)([O]c2ccc(C)cc2)[O]c2ccc(C)cc2)cc1. The van der Waals surface area contributed by atoms with Gasteiger partial charge in [-0.25, -0.2) is 0 Å². The summed E-state index contributed by atoms with van der Waals surface area (Å²) < 4.78 is 20.7. The molecule has 0 heterocycles. The van der Waals surface area contributed by atoms with Crippen LogP contribution in [-0.4, -0.2) is 0 Å². The van der Waals surface area contributed by atoms with Crippen molar-refractivity contribution in [2.75, 3.05) is 0 Å². The van der Waals surface area contributed by atoms with Crippen molar-refractivity contribution in [3.8, 4) is 17.2 Å². The standard InChI is InChI=1S/3C7H8O.C7H7.Hf/c3*1-6-2-4-7(8)5-3-6;1-7-5-3-2-4-6-7;/h3*2-5,8H,1H3;2-6H,1H2;/q;;;;+3/p-3. The summed E-state index contributed by atoms with van der Waals surface area (Å²) in [5.74, 6) is 2.31. The fraction of sp³-hybridized carbons (Fsp3) is 0.143. The summed E-state index contributed by atoms with van der Waals surface area (Å²) >= 11 is -4.46. The van der Waals surface area contributed by atoms with Gasteiger partial charge in [-0.1, -0.05) is 0 Å². The molecule has 0 saturated carbocycles. The minimum atomic E-state index is -4.46. The third kappa shape index (κ3) is 6.10. The first-order chi connectivity index (χ1) is 15.5. The van der Waals surface area contributed by atoms with Crippen molar-refractivity contribution >= 4 is 0 Å². The van der Waals surface area contributed by atoms with Crippen LogP contribution in [0.2, 0.25) is 0 Å². The molecule has 4 aromatic carbocycles. The van der Waals surface area contributed by atoms with Gasteiger partial charge < -0.3 is 0 Å². The van der Waals surface area contributed by atoms with Crippen molar-refractivity contribution < 1.29 is 29.8 Å². The second-order valence-corrected chi connectivity index (χ2v) is 16.5. The van der Waals surface area contributed by atoms with Gasteiger partial charge in [0.2, 0.25) is 0 Å². The van der Waals surface area contributed by atoms with E-state index in [0.717, 1.165) is 22.8 Å². The molecule has 32 heavy (non-hydrogen) atoms.